The summed E-state index contributed by atoms with van der Waals surface area (Å²) in [5, 5.41) is 12.5. The number of halogens is 2. The second-order valence-electron chi connectivity index (χ2n) is 3.96. The predicted molar refractivity (Wildman–Crippen MR) is 74.0 cm³/mol. The van der Waals surface area contributed by atoms with Crippen molar-refractivity contribution >= 4 is 23.2 Å². The minimum Gasteiger partial charge on any atom is -0.507 e. The Morgan fingerprint density at radius 3 is 2.70 bits per heavy atom. The van der Waals surface area contributed by atoms with Crippen LogP contribution in [0.25, 0.3) is 0 Å². The number of phenols is 1. The largest absolute Gasteiger partial charge is 0.507 e. The zero-order chi connectivity index (χ0) is 14.7. The molecule has 0 fully saturated rings. The first-order valence-corrected chi connectivity index (χ1v) is 6.02. The van der Waals surface area contributed by atoms with Gasteiger partial charge in [-0.2, -0.15) is 0 Å². The maximum Gasteiger partial charge on any atom is 0.259 e. The number of rotatable bonds is 3. The van der Waals surface area contributed by atoms with E-state index in [0.29, 0.717) is 10.7 Å². The highest BCUT2D eigenvalue weighted by molar-refractivity contribution is 6.30. The lowest BCUT2D eigenvalue weighted by Crippen LogP contribution is -2.12. The summed E-state index contributed by atoms with van der Waals surface area (Å²) in [7, 11) is 1.33. The Kier molecular flexibility index (Phi) is 4.10. The van der Waals surface area contributed by atoms with E-state index in [1.807, 2.05) is 0 Å². The molecule has 0 aliphatic rings. The van der Waals surface area contributed by atoms with Gasteiger partial charge in [-0.15, -0.1) is 0 Å². The van der Waals surface area contributed by atoms with Gasteiger partial charge in [0.25, 0.3) is 5.91 Å². The lowest BCUT2D eigenvalue weighted by atomic mass is 10.2. The predicted octanol–water partition coefficient (Wildman–Crippen LogP) is 3.45. The summed E-state index contributed by atoms with van der Waals surface area (Å²) in [6.07, 6.45) is 0. The Labute approximate surface area is 119 Å². The number of carbonyl (C=O) groups is 1. The van der Waals surface area contributed by atoms with E-state index in [2.05, 4.69) is 5.32 Å². The van der Waals surface area contributed by atoms with Crippen molar-refractivity contribution in [3.05, 3.63) is 52.8 Å². The average molecular weight is 296 g/mol. The van der Waals surface area contributed by atoms with Crippen molar-refractivity contribution in [1.29, 1.82) is 0 Å². The third-order valence-electron chi connectivity index (χ3n) is 2.61. The van der Waals surface area contributed by atoms with Crippen LogP contribution in [0.15, 0.2) is 36.4 Å². The van der Waals surface area contributed by atoms with Gasteiger partial charge in [0, 0.05) is 16.8 Å². The van der Waals surface area contributed by atoms with Gasteiger partial charge in [-0.05, 0) is 30.3 Å². The topological polar surface area (TPSA) is 58.6 Å². The Morgan fingerprint density at radius 2 is 2.05 bits per heavy atom. The molecule has 1 amide bonds. The van der Waals surface area contributed by atoms with Gasteiger partial charge in [0.15, 0.2) is 11.6 Å². The van der Waals surface area contributed by atoms with Gasteiger partial charge in [0.1, 0.15) is 5.75 Å². The number of hydrogen-bond donors (Lipinski definition) is 2. The van der Waals surface area contributed by atoms with Crippen LogP contribution in [0.4, 0.5) is 10.1 Å². The minimum atomic E-state index is -0.534. The van der Waals surface area contributed by atoms with E-state index in [-0.39, 0.29) is 17.1 Å². The number of methoxy groups -OCH3 is 1. The van der Waals surface area contributed by atoms with Crippen LogP contribution >= 0.6 is 11.6 Å². The van der Waals surface area contributed by atoms with Crippen LogP contribution in [0, 0.1) is 5.82 Å². The van der Waals surface area contributed by atoms with Crippen LogP contribution in [0.3, 0.4) is 0 Å². The monoisotopic (exact) mass is 295 g/mol. The molecule has 0 radical (unpaired) electrons. The molecule has 2 aromatic rings. The molecule has 4 nitrogen and oxygen atoms in total. The first kappa shape index (κ1) is 14.1. The Hall–Kier alpha value is -2.27. The van der Waals surface area contributed by atoms with Crippen molar-refractivity contribution in [2.45, 2.75) is 0 Å². The molecule has 0 aromatic heterocycles. The maximum absolute atomic E-state index is 13.2. The van der Waals surface area contributed by atoms with Gasteiger partial charge in [0.2, 0.25) is 0 Å². The fourth-order valence-electron chi connectivity index (χ4n) is 1.63. The molecule has 0 bridgehead atoms. The molecule has 0 unspecified atom stereocenters. The third kappa shape index (κ3) is 3.00. The van der Waals surface area contributed by atoms with Crippen molar-refractivity contribution in [2.75, 3.05) is 12.4 Å². The first-order chi connectivity index (χ1) is 9.51. The molecule has 2 aromatic carbocycles. The Bertz CT molecular complexity index is 661. The smallest absolute Gasteiger partial charge is 0.259 e. The van der Waals surface area contributed by atoms with Crippen LogP contribution in [0.5, 0.6) is 11.5 Å². The molecule has 0 spiro atoms. The first-order valence-electron chi connectivity index (χ1n) is 5.64. The minimum absolute atomic E-state index is 0.0168. The van der Waals surface area contributed by atoms with Crippen molar-refractivity contribution in [3.63, 3.8) is 0 Å². The number of hydrogen-bond acceptors (Lipinski definition) is 3. The molecule has 0 aliphatic heterocycles. The average Bonchev–Trinajstić information content (AvgIpc) is 2.40. The molecular formula is C14H11ClFNO3. The summed E-state index contributed by atoms with van der Waals surface area (Å²) in [5.74, 6) is -1.28. The standard InChI is InChI=1S/C14H11ClFNO3/c1-20-13-7-9(3-5-11(13)16)17-14(19)10-4-2-8(15)6-12(10)18/h2-7,18H,1H3,(H,17,19). The zero-order valence-corrected chi connectivity index (χ0v) is 11.2. The molecule has 2 N–H and O–H groups in total. The van der Waals surface area contributed by atoms with Gasteiger partial charge in [-0.25, -0.2) is 4.39 Å². The van der Waals surface area contributed by atoms with E-state index in [0.717, 1.165) is 0 Å². The van der Waals surface area contributed by atoms with Crippen LogP contribution in [-0.4, -0.2) is 18.1 Å². The van der Waals surface area contributed by atoms with Crippen molar-refractivity contribution in [3.8, 4) is 11.5 Å². The Morgan fingerprint density at radius 1 is 1.30 bits per heavy atom. The number of phenolic OH excluding ortho intramolecular Hbond substituents is 1. The third-order valence-corrected chi connectivity index (χ3v) is 2.85. The van der Waals surface area contributed by atoms with E-state index < -0.39 is 11.7 Å². The molecule has 0 saturated heterocycles. The lowest BCUT2D eigenvalue weighted by Gasteiger charge is -2.09. The number of carbonyl (C=O) groups excluding carboxylic acids is 1. The fraction of sp³-hybridized carbons (Fsp3) is 0.0714. The molecule has 0 saturated carbocycles. The molecule has 0 atom stereocenters. The maximum atomic E-state index is 13.2. The second kappa shape index (κ2) is 5.79. The number of amides is 1. The highest BCUT2D eigenvalue weighted by atomic mass is 35.5. The van der Waals surface area contributed by atoms with Gasteiger partial charge in [-0.3, -0.25) is 4.79 Å². The summed E-state index contributed by atoms with van der Waals surface area (Å²) in [6, 6.07) is 8.07. The molecule has 6 heteroatoms. The Balaban J connectivity index is 2.23. The van der Waals surface area contributed by atoms with Gasteiger partial charge in [0.05, 0.1) is 12.7 Å². The van der Waals surface area contributed by atoms with E-state index in [4.69, 9.17) is 16.3 Å². The van der Waals surface area contributed by atoms with Crippen LogP contribution in [0.2, 0.25) is 5.02 Å². The molecule has 20 heavy (non-hydrogen) atoms. The number of benzene rings is 2. The quantitative estimate of drug-likeness (QED) is 0.912. The summed E-state index contributed by atoms with van der Waals surface area (Å²) in [5.41, 5.74) is 0.417. The van der Waals surface area contributed by atoms with Crippen molar-refractivity contribution < 1.29 is 19.0 Å². The molecular weight excluding hydrogens is 285 g/mol. The lowest BCUT2D eigenvalue weighted by molar-refractivity contribution is 0.102. The van der Waals surface area contributed by atoms with Crippen molar-refractivity contribution in [2.24, 2.45) is 0 Å². The highest BCUT2D eigenvalue weighted by Crippen LogP contribution is 2.25. The van der Waals surface area contributed by atoms with Gasteiger partial charge >= 0.3 is 0 Å². The zero-order valence-electron chi connectivity index (χ0n) is 10.5. The van der Waals surface area contributed by atoms with Crippen LogP contribution in [-0.2, 0) is 0 Å². The second-order valence-corrected chi connectivity index (χ2v) is 4.40. The summed E-state index contributed by atoms with van der Waals surface area (Å²) in [6.45, 7) is 0. The number of ether oxygens (including phenoxy) is 1. The normalized spacial score (nSPS) is 10.2. The summed E-state index contributed by atoms with van der Waals surface area (Å²) in [4.78, 5) is 12.0. The fourth-order valence-corrected chi connectivity index (χ4v) is 1.80. The molecule has 104 valence electrons. The van der Waals surface area contributed by atoms with E-state index in [1.165, 1.54) is 43.5 Å². The van der Waals surface area contributed by atoms with Gasteiger partial charge < -0.3 is 15.2 Å². The van der Waals surface area contributed by atoms with Gasteiger partial charge in [-0.1, -0.05) is 11.6 Å². The highest BCUT2D eigenvalue weighted by Gasteiger charge is 2.12. The molecule has 0 aliphatic carbocycles. The summed E-state index contributed by atoms with van der Waals surface area (Å²) >= 11 is 5.69. The molecule has 0 heterocycles. The van der Waals surface area contributed by atoms with E-state index in [1.54, 1.807) is 0 Å². The number of anilines is 1. The molecule has 2 rings (SSSR count). The summed E-state index contributed by atoms with van der Waals surface area (Å²) < 4.78 is 18.1. The van der Waals surface area contributed by atoms with Crippen molar-refractivity contribution in [1.82, 2.24) is 0 Å². The number of aromatic hydroxyl groups is 1. The van der Waals surface area contributed by atoms with E-state index in [9.17, 15) is 14.3 Å². The van der Waals surface area contributed by atoms with E-state index >= 15 is 0 Å². The SMILES string of the molecule is COc1cc(NC(=O)c2ccc(Cl)cc2O)ccc1F. The van der Waals surface area contributed by atoms with Crippen LogP contribution in [0.1, 0.15) is 10.4 Å². The number of nitrogens with one attached hydrogen (secondary N) is 1. The van der Waals surface area contributed by atoms with Crippen LogP contribution < -0.4 is 10.1 Å².